The van der Waals surface area contributed by atoms with Crippen molar-refractivity contribution >= 4 is 22.7 Å². The van der Waals surface area contributed by atoms with Crippen LogP contribution in [-0.4, -0.2) is 72.0 Å². The number of fused-ring (bicyclic) bond motifs is 2. The number of ether oxygens (including phenoxy) is 1. The van der Waals surface area contributed by atoms with Gasteiger partial charge in [0, 0.05) is 41.7 Å². The van der Waals surface area contributed by atoms with Gasteiger partial charge in [0.25, 0.3) is 5.91 Å². The molecule has 0 radical (unpaired) electrons. The Kier molecular flexibility index (Phi) is 7.18. The van der Waals surface area contributed by atoms with Crippen LogP contribution in [0.25, 0.3) is 22.2 Å². The normalized spacial score (nSPS) is 18.3. The Morgan fingerprint density at radius 1 is 1.00 bits per heavy atom. The summed E-state index contributed by atoms with van der Waals surface area (Å²) < 4.78 is 5.42. The summed E-state index contributed by atoms with van der Waals surface area (Å²) in [6, 6.07) is 25.1. The molecule has 2 N–H and O–H groups in total. The van der Waals surface area contributed by atoms with E-state index in [-0.39, 0.29) is 11.8 Å². The van der Waals surface area contributed by atoms with Crippen molar-refractivity contribution in [2.45, 2.75) is 25.4 Å². The molecule has 3 aromatic carbocycles. The highest BCUT2D eigenvalue weighted by molar-refractivity contribution is 6.04. The Hall–Kier alpha value is -3.94. The highest BCUT2D eigenvalue weighted by Crippen LogP contribution is 2.46. The molecule has 0 aliphatic carbocycles. The number of amides is 2. The molecule has 0 saturated carbocycles. The topological polar surface area (TPSA) is 77.7 Å². The Labute approximate surface area is 228 Å². The molecule has 1 aromatic heterocycles. The van der Waals surface area contributed by atoms with Gasteiger partial charge in [-0.05, 0) is 43.1 Å². The van der Waals surface area contributed by atoms with Crippen LogP contribution in [0.4, 0.5) is 0 Å². The van der Waals surface area contributed by atoms with Crippen LogP contribution >= 0.6 is 0 Å². The lowest BCUT2D eigenvalue weighted by Gasteiger charge is -2.31. The van der Waals surface area contributed by atoms with E-state index in [9.17, 15) is 9.59 Å². The minimum atomic E-state index is -0.643. The van der Waals surface area contributed by atoms with Crippen molar-refractivity contribution in [2.24, 2.45) is 0 Å². The summed E-state index contributed by atoms with van der Waals surface area (Å²) >= 11 is 0. The van der Waals surface area contributed by atoms with Crippen LogP contribution < -0.4 is 5.32 Å². The molecule has 7 nitrogen and oxygen atoms in total. The molecule has 0 bridgehead atoms. The average Bonchev–Trinajstić information content (AvgIpc) is 3.51. The fourth-order valence-corrected chi connectivity index (χ4v) is 5.92. The molecule has 2 atom stereocenters. The Morgan fingerprint density at radius 2 is 1.72 bits per heavy atom. The number of hydrogen-bond acceptors (Lipinski definition) is 4. The van der Waals surface area contributed by atoms with E-state index in [2.05, 4.69) is 39.5 Å². The maximum atomic E-state index is 13.9. The van der Waals surface area contributed by atoms with Crippen LogP contribution in [0, 0.1) is 0 Å². The third-order valence-corrected chi connectivity index (χ3v) is 7.93. The first-order valence-corrected chi connectivity index (χ1v) is 13.8. The first-order valence-electron chi connectivity index (χ1n) is 13.8. The van der Waals surface area contributed by atoms with Crippen LogP contribution in [-0.2, 0) is 9.53 Å². The molecular formula is C32H34N4O3. The molecular weight excluding hydrogens is 488 g/mol. The summed E-state index contributed by atoms with van der Waals surface area (Å²) in [5, 5.41) is 4.15. The number of benzene rings is 3. The standard InChI is InChI=1S/C32H34N4O3/c1-22(31(37)33-16-9-17-35-18-20-39-21-19-35)36-30(24-12-5-6-13-25(24)32(36)38)28-26-14-7-8-15-27(26)34-29(28)23-10-3-2-4-11-23/h2-8,10-15,22,30,34H,9,16-21H2,1H3,(H,33,37). The largest absolute Gasteiger partial charge is 0.379 e. The quantitative estimate of drug-likeness (QED) is 0.332. The van der Waals surface area contributed by atoms with E-state index in [1.165, 1.54) is 0 Å². The van der Waals surface area contributed by atoms with Crippen molar-refractivity contribution < 1.29 is 14.3 Å². The lowest BCUT2D eigenvalue weighted by Crippen LogP contribution is -2.47. The van der Waals surface area contributed by atoms with Crippen LogP contribution in [0.2, 0.25) is 0 Å². The lowest BCUT2D eigenvalue weighted by molar-refractivity contribution is -0.125. The predicted octanol–water partition coefficient (Wildman–Crippen LogP) is 4.61. The first-order chi connectivity index (χ1) is 19.1. The number of aromatic nitrogens is 1. The highest BCUT2D eigenvalue weighted by Gasteiger charge is 2.44. The molecule has 2 amide bonds. The number of H-pyrrole nitrogens is 1. The van der Waals surface area contributed by atoms with E-state index in [1.54, 1.807) is 4.90 Å². The fourth-order valence-electron chi connectivity index (χ4n) is 5.92. The summed E-state index contributed by atoms with van der Waals surface area (Å²) in [7, 11) is 0. The lowest BCUT2D eigenvalue weighted by atomic mass is 9.92. The minimum Gasteiger partial charge on any atom is -0.379 e. The minimum absolute atomic E-state index is 0.115. The molecule has 2 unspecified atom stereocenters. The molecule has 6 rings (SSSR count). The van der Waals surface area contributed by atoms with Gasteiger partial charge in [-0.1, -0.05) is 66.7 Å². The number of carbonyl (C=O) groups is 2. The summed E-state index contributed by atoms with van der Waals surface area (Å²) in [4.78, 5) is 35.1. The van der Waals surface area contributed by atoms with Crippen molar-refractivity contribution in [3.8, 4) is 11.3 Å². The van der Waals surface area contributed by atoms with Crippen LogP contribution in [0.3, 0.4) is 0 Å². The number of morpholine rings is 1. The summed E-state index contributed by atoms with van der Waals surface area (Å²) in [5.74, 6) is -0.250. The predicted molar refractivity (Wildman–Crippen MR) is 153 cm³/mol. The highest BCUT2D eigenvalue weighted by atomic mass is 16.5. The van der Waals surface area contributed by atoms with Crippen LogP contribution in [0.5, 0.6) is 0 Å². The van der Waals surface area contributed by atoms with E-state index in [1.807, 2.05) is 61.5 Å². The van der Waals surface area contributed by atoms with Gasteiger partial charge in [-0.25, -0.2) is 0 Å². The maximum absolute atomic E-state index is 13.9. The van der Waals surface area contributed by atoms with Gasteiger partial charge in [0.15, 0.2) is 0 Å². The molecule has 39 heavy (non-hydrogen) atoms. The first kappa shape index (κ1) is 25.3. The van der Waals surface area contributed by atoms with E-state index in [4.69, 9.17) is 4.74 Å². The Balaban J connectivity index is 1.33. The van der Waals surface area contributed by atoms with E-state index < -0.39 is 12.1 Å². The SMILES string of the molecule is CC(C(=O)NCCCN1CCOCC1)N1C(=O)c2ccccc2C1c1c(-c2ccccc2)[nH]c2ccccc12. The van der Waals surface area contributed by atoms with Crippen molar-refractivity contribution in [3.05, 3.63) is 95.6 Å². The van der Waals surface area contributed by atoms with Gasteiger partial charge in [-0.3, -0.25) is 14.5 Å². The smallest absolute Gasteiger partial charge is 0.255 e. The van der Waals surface area contributed by atoms with Gasteiger partial charge in [0.05, 0.1) is 24.9 Å². The number of aromatic amines is 1. The monoisotopic (exact) mass is 522 g/mol. The second-order valence-electron chi connectivity index (χ2n) is 10.3. The van der Waals surface area contributed by atoms with Crippen LogP contribution in [0.1, 0.15) is 40.9 Å². The number of hydrogen-bond donors (Lipinski definition) is 2. The number of nitrogens with one attached hydrogen (secondary N) is 2. The zero-order valence-corrected chi connectivity index (χ0v) is 22.2. The zero-order valence-electron chi connectivity index (χ0n) is 22.2. The van der Waals surface area contributed by atoms with Crippen LogP contribution in [0.15, 0.2) is 78.9 Å². The molecule has 2 aliphatic heterocycles. The van der Waals surface area contributed by atoms with Gasteiger partial charge >= 0.3 is 0 Å². The second kappa shape index (κ2) is 11.0. The summed E-state index contributed by atoms with van der Waals surface area (Å²) in [6.07, 6.45) is 0.858. The number of rotatable bonds is 8. The second-order valence-corrected chi connectivity index (χ2v) is 10.3. The van der Waals surface area contributed by atoms with Gasteiger partial charge in [0.1, 0.15) is 6.04 Å². The van der Waals surface area contributed by atoms with Gasteiger partial charge in [-0.15, -0.1) is 0 Å². The third kappa shape index (κ3) is 4.84. The number of carbonyl (C=O) groups excluding carboxylic acids is 2. The molecule has 1 fully saturated rings. The Morgan fingerprint density at radius 3 is 2.54 bits per heavy atom. The number of nitrogens with zero attached hydrogens (tertiary/aromatic N) is 2. The summed E-state index contributed by atoms with van der Waals surface area (Å²) in [5.41, 5.74) is 5.61. The fraction of sp³-hybridized carbons (Fsp3) is 0.312. The van der Waals surface area contributed by atoms with Crippen molar-refractivity contribution in [2.75, 3.05) is 39.4 Å². The molecule has 200 valence electrons. The third-order valence-electron chi connectivity index (χ3n) is 7.93. The summed E-state index contributed by atoms with van der Waals surface area (Å²) in [6.45, 7) is 6.72. The van der Waals surface area contributed by atoms with E-state index in [0.29, 0.717) is 12.1 Å². The average molecular weight is 523 g/mol. The number of para-hydroxylation sites is 1. The molecule has 1 saturated heterocycles. The van der Waals surface area contributed by atoms with Crippen molar-refractivity contribution in [1.82, 2.24) is 20.1 Å². The molecule has 7 heteroatoms. The molecule has 2 aliphatic rings. The van der Waals surface area contributed by atoms with Gasteiger partial charge < -0.3 is 19.9 Å². The Bertz CT molecular complexity index is 1480. The molecule has 0 spiro atoms. The van der Waals surface area contributed by atoms with E-state index >= 15 is 0 Å². The maximum Gasteiger partial charge on any atom is 0.255 e. The van der Waals surface area contributed by atoms with E-state index in [0.717, 1.165) is 72.6 Å². The van der Waals surface area contributed by atoms with Gasteiger partial charge in [-0.2, -0.15) is 0 Å². The van der Waals surface area contributed by atoms with Gasteiger partial charge in [0.2, 0.25) is 5.91 Å². The van der Waals surface area contributed by atoms with Crippen molar-refractivity contribution in [1.29, 1.82) is 0 Å². The molecule has 3 heterocycles. The molecule has 4 aromatic rings. The zero-order chi connectivity index (χ0) is 26.8. The van der Waals surface area contributed by atoms with Crippen molar-refractivity contribution in [3.63, 3.8) is 0 Å².